The quantitative estimate of drug-likeness (QED) is 0.808. The molecule has 0 aliphatic heterocycles. The second kappa shape index (κ2) is 5.32. The Morgan fingerprint density at radius 1 is 1.14 bits per heavy atom. The highest BCUT2D eigenvalue weighted by Crippen LogP contribution is 2.27. The average Bonchev–Trinajstić information content (AvgIpc) is 2.84. The van der Waals surface area contributed by atoms with E-state index in [1.807, 2.05) is 30.3 Å². The Hall–Kier alpha value is -2.58. The minimum Gasteiger partial charge on any atom is -0.346 e. The van der Waals surface area contributed by atoms with E-state index >= 15 is 0 Å². The fraction of sp³-hybridized carbons (Fsp3) is 0.118. The molecule has 3 aromatic rings. The molecular weight excluding hydrogens is 296 g/mol. The summed E-state index contributed by atoms with van der Waals surface area (Å²) in [5, 5.41) is 10.2. The third-order valence-corrected chi connectivity index (χ3v) is 4.75. The summed E-state index contributed by atoms with van der Waals surface area (Å²) in [6.07, 6.45) is 1.80. The molecular formula is C17H14N2O2S. The number of fused-ring (bicyclic) bond motifs is 1. The number of nitrogens with zero attached hydrogens (tertiary/aromatic N) is 1. The van der Waals surface area contributed by atoms with Crippen LogP contribution in [0.3, 0.4) is 0 Å². The smallest absolute Gasteiger partial charge is 0.175 e. The lowest BCUT2D eigenvalue weighted by atomic mass is 10.0. The molecule has 1 aromatic heterocycles. The number of nitrogens with one attached hydrogen (secondary N) is 1. The van der Waals surface area contributed by atoms with Gasteiger partial charge in [0, 0.05) is 29.1 Å². The van der Waals surface area contributed by atoms with E-state index in [1.165, 1.54) is 6.26 Å². The molecule has 0 saturated heterocycles. The lowest BCUT2D eigenvalue weighted by molar-refractivity contribution is 0.602. The first-order valence-electron chi connectivity index (χ1n) is 6.78. The maximum absolute atomic E-state index is 11.6. The monoisotopic (exact) mass is 310 g/mol. The van der Waals surface area contributed by atoms with E-state index in [-0.39, 0.29) is 4.90 Å². The molecule has 0 saturated carbocycles. The highest BCUT2D eigenvalue weighted by molar-refractivity contribution is 7.90. The second-order valence-electron chi connectivity index (χ2n) is 5.23. The molecule has 0 atom stereocenters. The highest BCUT2D eigenvalue weighted by Gasteiger charge is 2.15. The molecule has 110 valence electrons. The third-order valence-electron chi connectivity index (χ3n) is 3.64. The van der Waals surface area contributed by atoms with Gasteiger partial charge >= 0.3 is 0 Å². The Morgan fingerprint density at radius 2 is 1.86 bits per heavy atom. The molecule has 1 heterocycles. The van der Waals surface area contributed by atoms with Crippen LogP contribution in [0.15, 0.2) is 53.4 Å². The minimum atomic E-state index is -3.27. The molecule has 0 unspecified atom stereocenters. The molecule has 0 fully saturated rings. The minimum absolute atomic E-state index is 0.247. The predicted octanol–water partition coefficient (Wildman–Crippen LogP) is 3.03. The van der Waals surface area contributed by atoms with Crippen LogP contribution in [0.4, 0.5) is 0 Å². The summed E-state index contributed by atoms with van der Waals surface area (Å²) in [4.78, 5) is 3.27. The van der Waals surface area contributed by atoms with Gasteiger partial charge in [0.05, 0.1) is 4.90 Å². The van der Waals surface area contributed by atoms with Crippen LogP contribution in [0.2, 0.25) is 0 Å². The van der Waals surface area contributed by atoms with E-state index in [4.69, 9.17) is 0 Å². The lowest BCUT2D eigenvalue weighted by Crippen LogP contribution is -1.96. The zero-order valence-electron chi connectivity index (χ0n) is 12.0. The topological polar surface area (TPSA) is 73.7 Å². The Balaban J connectivity index is 2.16. The number of H-pyrrole nitrogens is 1. The van der Waals surface area contributed by atoms with E-state index in [9.17, 15) is 13.7 Å². The number of nitriles is 1. The molecule has 5 heteroatoms. The van der Waals surface area contributed by atoms with Crippen LogP contribution in [0, 0.1) is 11.3 Å². The van der Waals surface area contributed by atoms with Crippen LogP contribution in [-0.2, 0) is 16.3 Å². The third kappa shape index (κ3) is 2.61. The summed E-state index contributed by atoms with van der Waals surface area (Å²) < 4.78 is 23.3. The first-order valence-corrected chi connectivity index (χ1v) is 8.67. The van der Waals surface area contributed by atoms with Crippen LogP contribution in [0.5, 0.6) is 0 Å². The molecule has 0 bridgehead atoms. The van der Waals surface area contributed by atoms with E-state index < -0.39 is 9.84 Å². The van der Waals surface area contributed by atoms with Crippen molar-refractivity contribution in [2.75, 3.05) is 6.26 Å². The Kier molecular flexibility index (Phi) is 3.47. The number of benzene rings is 2. The van der Waals surface area contributed by atoms with Crippen molar-refractivity contribution in [2.24, 2.45) is 0 Å². The van der Waals surface area contributed by atoms with Gasteiger partial charge in [0.15, 0.2) is 9.84 Å². The summed E-state index contributed by atoms with van der Waals surface area (Å²) in [5.74, 6) is 0. The molecule has 0 aliphatic rings. The van der Waals surface area contributed by atoms with E-state index in [2.05, 4.69) is 11.1 Å². The molecule has 3 rings (SSSR count). The van der Waals surface area contributed by atoms with Gasteiger partial charge in [-0.25, -0.2) is 8.42 Å². The van der Waals surface area contributed by atoms with Crippen LogP contribution in [0.1, 0.15) is 16.8 Å². The fourth-order valence-corrected chi connectivity index (χ4v) is 3.19. The van der Waals surface area contributed by atoms with Crippen molar-refractivity contribution in [1.29, 1.82) is 5.26 Å². The normalized spacial score (nSPS) is 11.5. The van der Waals surface area contributed by atoms with Crippen LogP contribution in [0.25, 0.3) is 10.9 Å². The van der Waals surface area contributed by atoms with Crippen molar-refractivity contribution in [3.63, 3.8) is 0 Å². The van der Waals surface area contributed by atoms with Crippen LogP contribution >= 0.6 is 0 Å². The predicted molar refractivity (Wildman–Crippen MR) is 85.4 cm³/mol. The summed E-state index contributed by atoms with van der Waals surface area (Å²) >= 11 is 0. The Labute approximate surface area is 128 Å². The number of hydrogen-bond donors (Lipinski definition) is 1. The van der Waals surface area contributed by atoms with Crippen LogP contribution in [-0.4, -0.2) is 19.7 Å². The maximum atomic E-state index is 11.6. The van der Waals surface area contributed by atoms with E-state index in [0.717, 1.165) is 16.5 Å². The molecule has 0 aliphatic carbocycles. The number of rotatable bonds is 3. The van der Waals surface area contributed by atoms with Crippen LogP contribution < -0.4 is 0 Å². The molecule has 4 nitrogen and oxygen atoms in total. The lowest BCUT2D eigenvalue weighted by Gasteiger charge is -2.02. The summed E-state index contributed by atoms with van der Waals surface area (Å²) in [6.45, 7) is 0. The Morgan fingerprint density at radius 3 is 2.50 bits per heavy atom. The van der Waals surface area contributed by atoms with Gasteiger partial charge in [-0.1, -0.05) is 36.4 Å². The maximum Gasteiger partial charge on any atom is 0.175 e. The molecule has 0 radical (unpaired) electrons. The fourth-order valence-electron chi connectivity index (χ4n) is 2.54. The van der Waals surface area contributed by atoms with Crippen molar-refractivity contribution >= 4 is 20.7 Å². The molecule has 22 heavy (non-hydrogen) atoms. The summed E-state index contributed by atoms with van der Waals surface area (Å²) in [7, 11) is -3.27. The van der Waals surface area contributed by atoms with Crippen molar-refractivity contribution in [1.82, 2.24) is 4.98 Å². The number of hydrogen-bond acceptors (Lipinski definition) is 3. The van der Waals surface area contributed by atoms with E-state index in [1.54, 1.807) is 18.2 Å². The standard InChI is InChI=1S/C17H14N2O2S/c1-22(20,21)13-7-8-14-15(9-12-5-3-2-4-6-12)17(11-18)19-16(14)10-13/h2-8,10,19H,9H2,1H3. The first-order chi connectivity index (χ1) is 10.5. The van der Waals surface area contributed by atoms with Gasteiger partial charge in [-0.15, -0.1) is 0 Å². The first kappa shape index (κ1) is 14.4. The zero-order valence-corrected chi connectivity index (χ0v) is 12.8. The number of aromatic nitrogens is 1. The molecule has 0 amide bonds. The van der Waals surface area contributed by atoms with Gasteiger partial charge in [0.1, 0.15) is 11.8 Å². The van der Waals surface area contributed by atoms with Crippen molar-refractivity contribution in [3.8, 4) is 6.07 Å². The second-order valence-corrected chi connectivity index (χ2v) is 7.25. The SMILES string of the molecule is CS(=O)(=O)c1ccc2c(Cc3ccccc3)c(C#N)[nH]c2c1. The van der Waals surface area contributed by atoms with Crippen molar-refractivity contribution < 1.29 is 8.42 Å². The van der Waals surface area contributed by atoms with Gasteiger partial charge in [-0.3, -0.25) is 0 Å². The van der Waals surface area contributed by atoms with Gasteiger partial charge in [-0.05, 0) is 17.7 Å². The average molecular weight is 310 g/mol. The Bertz CT molecular complexity index is 981. The van der Waals surface area contributed by atoms with Gasteiger partial charge < -0.3 is 4.98 Å². The van der Waals surface area contributed by atoms with Gasteiger partial charge in [0.25, 0.3) is 0 Å². The van der Waals surface area contributed by atoms with Gasteiger partial charge in [0.2, 0.25) is 0 Å². The molecule has 2 aromatic carbocycles. The van der Waals surface area contributed by atoms with Crippen molar-refractivity contribution in [3.05, 3.63) is 65.4 Å². The number of sulfone groups is 1. The summed E-state index contributed by atoms with van der Waals surface area (Å²) in [6, 6.07) is 17.0. The molecule has 1 N–H and O–H groups in total. The molecule has 0 spiro atoms. The van der Waals surface area contributed by atoms with E-state index in [0.29, 0.717) is 17.6 Å². The highest BCUT2D eigenvalue weighted by atomic mass is 32.2. The zero-order chi connectivity index (χ0) is 15.7. The summed E-state index contributed by atoms with van der Waals surface area (Å²) in [5.41, 5.74) is 3.14. The van der Waals surface area contributed by atoms with Crippen molar-refractivity contribution in [2.45, 2.75) is 11.3 Å². The largest absolute Gasteiger partial charge is 0.346 e. The van der Waals surface area contributed by atoms with Gasteiger partial charge in [-0.2, -0.15) is 5.26 Å². The number of aromatic amines is 1.